The number of nitrogens with zero attached hydrogens (tertiary/aromatic N) is 3. The molecule has 0 atom stereocenters. The Kier molecular flexibility index (Phi) is 4.13. The molecule has 0 bridgehead atoms. The van der Waals surface area contributed by atoms with E-state index < -0.39 is 5.41 Å². The third-order valence-electron chi connectivity index (χ3n) is 3.45. The molecule has 3 aromatic rings. The van der Waals surface area contributed by atoms with E-state index in [-0.39, 0.29) is 5.91 Å². The Bertz CT molecular complexity index is 788. The van der Waals surface area contributed by atoms with Crippen molar-refractivity contribution >= 4 is 32.6 Å². The van der Waals surface area contributed by atoms with Crippen LogP contribution in [0, 0.1) is 5.41 Å². The van der Waals surface area contributed by atoms with Crippen LogP contribution in [0.25, 0.3) is 10.2 Å². The van der Waals surface area contributed by atoms with Gasteiger partial charge in [0.15, 0.2) is 5.13 Å². The van der Waals surface area contributed by atoms with E-state index in [0.717, 1.165) is 21.0 Å². The van der Waals surface area contributed by atoms with E-state index in [2.05, 4.69) is 9.97 Å². The Balaban J connectivity index is 2.02. The lowest BCUT2D eigenvalue weighted by Gasteiger charge is -2.27. The molecule has 2 heterocycles. The molecule has 0 N–H and O–H groups in total. The highest BCUT2D eigenvalue weighted by molar-refractivity contribution is 7.22. The molecule has 4 nitrogen and oxygen atoms in total. The molecular weight excluding hydrogens is 306 g/mol. The fourth-order valence-electron chi connectivity index (χ4n) is 2.26. The van der Waals surface area contributed by atoms with E-state index in [1.54, 1.807) is 11.1 Å². The quantitative estimate of drug-likeness (QED) is 0.722. The minimum absolute atomic E-state index is 0.0437. The Hall–Kier alpha value is -2.27. The summed E-state index contributed by atoms with van der Waals surface area (Å²) < 4.78 is 1.08. The van der Waals surface area contributed by atoms with Crippen molar-refractivity contribution in [1.82, 2.24) is 9.97 Å². The van der Waals surface area contributed by atoms with Gasteiger partial charge in [0.05, 0.1) is 22.5 Å². The predicted molar refractivity (Wildman–Crippen MR) is 94.5 cm³/mol. The molecule has 1 amide bonds. The summed E-state index contributed by atoms with van der Waals surface area (Å²) in [7, 11) is 0. The van der Waals surface area contributed by atoms with Gasteiger partial charge in [-0.05, 0) is 24.3 Å². The predicted octanol–water partition coefficient (Wildman–Crippen LogP) is 4.27. The van der Waals surface area contributed by atoms with Crippen LogP contribution in [0.4, 0.5) is 5.13 Å². The number of fused-ring (bicyclic) bond motifs is 1. The van der Waals surface area contributed by atoms with E-state index >= 15 is 0 Å². The van der Waals surface area contributed by atoms with E-state index in [0.29, 0.717) is 6.54 Å². The van der Waals surface area contributed by atoms with Gasteiger partial charge >= 0.3 is 0 Å². The Morgan fingerprint density at radius 3 is 2.52 bits per heavy atom. The third-order valence-corrected chi connectivity index (χ3v) is 4.51. The molecule has 23 heavy (non-hydrogen) atoms. The van der Waals surface area contributed by atoms with E-state index in [9.17, 15) is 4.79 Å². The maximum Gasteiger partial charge on any atom is 0.234 e. The van der Waals surface area contributed by atoms with Crippen LogP contribution in [-0.4, -0.2) is 15.9 Å². The zero-order valence-corrected chi connectivity index (χ0v) is 14.3. The molecule has 0 aliphatic rings. The number of thiazole rings is 1. The van der Waals surface area contributed by atoms with E-state index in [1.165, 1.54) is 11.3 Å². The Morgan fingerprint density at radius 1 is 1.13 bits per heavy atom. The van der Waals surface area contributed by atoms with Crippen LogP contribution in [0.15, 0.2) is 48.7 Å². The van der Waals surface area contributed by atoms with Gasteiger partial charge in [0, 0.05) is 11.6 Å². The van der Waals surface area contributed by atoms with Crippen molar-refractivity contribution in [2.45, 2.75) is 27.3 Å². The van der Waals surface area contributed by atoms with Crippen molar-refractivity contribution in [1.29, 1.82) is 0 Å². The van der Waals surface area contributed by atoms with Gasteiger partial charge in [0.1, 0.15) is 0 Å². The fourth-order valence-corrected chi connectivity index (χ4v) is 3.22. The maximum absolute atomic E-state index is 12.9. The number of hydrogen-bond donors (Lipinski definition) is 0. The zero-order valence-electron chi connectivity index (χ0n) is 13.5. The Morgan fingerprint density at radius 2 is 1.87 bits per heavy atom. The van der Waals surface area contributed by atoms with Crippen LogP contribution in [-0.2, 0) is 11.3 Å². The zero-order chi connectivity index (χ0) is 16.4. The first-order chi connectivity index (χ1) is 10.9. The average Bonchev–Trinajstić information content (AvgIpc) is 2.95. The lowest BCUT2D eigenvalue weighted by atomic mass is 9.95. The lowest BCUT2D eigenvalue weighted by Crippen LogP contribution is -2.39. The number of anilines is 1. The summed E-state index contributed by atoms with van der Waals surface area (Å²) >= 11 is 1.54. The number of hydrogen-bond acceptors (Lipinski definition) is 4. The largest absolute Gasteiger partial charge is 0.282 e. The average molecular weight is 325 g/mol. The number of para-hydroxylation sites is 1. The molecule has 0 fully saturated rings. The highest BCUT2D eigenvalue weighted by Crippen LogP contribution is 2.32. The molecule has 0 unspecified atom stereocenters. The number of pyridine rings is 1. The van der Waals surface area contributed by atoms with E-state index in [4.69, 9.17) is 0 Å². The van der Waals surface area contributed by atoms with Crippen LogP contribution in [0.2, 0.25) is 0 Å². The molecule has 5 heteroatoms. The number of benzene rings is 1. The van der Waals surface area contributed by atoms with Gasteiger partial charge in [0.2, 0.25) is 5.91 Å². The lowest BCUT2D eigenvalue weighted by molar-refractivity contribution is -0.125. The molecule has 0 spiro atoms. The molecule has 0 saturated carbocycles. The van der Waals surface area contributed by atoms with Crippen molar-refractivity contribution in [2.24, 2.45) is 5.41 Å². The number of amides is 1. The van der Waals surface area contributed by atoms with Crippen molar-refractivity contribution in [3.63, 3.8) is 0 Å². The molecule has 1 aromatic carbocycles. The topological polar surface area (TPSA) is 46.1 Å². The minimum atomic E-state index is -0.480. The second-order valence-corrected chi connectivity index (χ2v) is 7.44. The van der Waals surface area contributed by atoms with Gasteiger partial charge in [-0.1, -0.05) is 50.3 Å². The van der Waals surface area contributed by atoms with Crippen molar-refractivity contribution in [2.75, 3.05) is 4.90 Å². The van der Waals surface area contributed by atoms with Gasteiger partial charge < -0.3 is 0 Å². The fraction of sp³-hybridized carbons (Fsp3) is 0.278. The van der Waals surface area contributed by atoms with Crippen LogP contribution < -0.4 is 4.90 Å². The molecular formula is C18H19N3OS. The second-order valence-electron chi connectivity index (χ2n) is 6.43. The first-order valence-electron chi connectivity index (χ1n) is 7.52. The van der Waals surface area contributed by atoms with Gasteiger partial charge in [0.25, 0.3) is 0 Å². The number of carbonyl (C=O) groups is 1. The second kappa shape index (κ2) is 6.08. The molecule has 0 radical (unpaired) electrons. The summed E-state index contributed by atoms with van der Waals surface area (Å²) in [6.07, 6.45) is 1.74. The molecule has 0 aliphatic heterocycles. The van der Waals surface area contributed by atoms with Crippen LogP contribution in [0.5, 0.6) is 0 Å². The minimum Gasteiger partial charge on any atom is -0.282 e. The first kappa shape index (κ1) is 15.6. The van der Waals surface area contributed by atoms with Crippen molar-refractivity contribution in [3.8, 4) is 0 Å². The monoisotopic (exact) mass is 325 g/mol. The summed E-state index contributed by atoms with van der Waals surface area (Å²) in [5.41, 5.74) is 1.29. The standard InChI is InChI=1S/C18H19N3OS/c1-18(2,3)16(22)21(12-13-8-6-7-11-19-13)17-20-14-9-4-5-10-15(14)23-17/h4-11H,12H2,1-3H3. The molecule has 2 aromatic heterocycles. The summed E-state index contributed by atoms with van der Waals surface area (Å²) in [5.74, 6) is 0.0437. The number of aromatic nitrogens is 2. The normalized spacial score (nSPS) is 11.6. The van der Waals surface area contributed by atoms with Crippen molar-refractivity contribution in [3.05, 3.63) is 54.4 Å². The van der Waals surface area contributed by atoms with Crippen LogP contribution in [0.3, 0.4) is 0 Å². The summed E-state index contributed by atoms with van der Waals surface area (Å²) in [5, 5.41) is 0.719. The number of rotatable bonds is 3. The molecule has 0 aliphatic carbocycles. The maximum atomic E-state index is 12.9. The molecule has 0 saturated heterocycles. The first-order valence-corrected chi connectivity index (χ1v) is 8.34. The van der Waals surface area contributed by atoms with Gasteiger partial charge in [-0.25, -0.2) is 4.98 Å². The molecule has 118 valence electrons. The summed E-state index contributed by atoms with van der Waals surface area (Å²) in [6, 6.07) is 13.7. The highest BCUT2D eigenvalue weighted by atomic mass is 32.1. The number of carbonyl (C=O) groups excluding carboxylic acids is 1. The smallest absolute Gasteiger partial charge is 0.234 e. The molecule has 3 rings (SSSR count). The third kappa shape index (κ3) is 3.40. The summed E-state index contributed by atoms with van der Waals surface area (Å²) in [4.78, 5) is 23.6. The SMILES string of the molecule is CC(C)(C)C(=O)N(Cc1ccccn1)c1nc2ccccc2s1. The van der Waals surface area contributed by atoms with Crippen LogP contribution in [0.1, 0.15) is 26.5 Å². The van der Waals surface area contributed by atoms with Crippen molar-refractivity contribution < 1.29 is 4.79 Å². The highest BCUT2D eigenvalue weighted by Gasteiger charge is 2.30. The van der Waals surface area contributed by atoms with Gasteiger partial charge in [-0.3, -0.25) is 14.7 Å². The van der Waals surface area contributed by atoms with Gasteiger partial charge in [-0.2, -0.15) is 0 Å². The van der Waals surface area contributed by atoms with Gasteiger partial charge in [-0.15, -0.1) is 0 Å². The van der Waals surface area contributed by atoms with E-state index in [1.807, 2.05) is 63.2 Å². The van der Waals surface area contributed by atoms with Crippen LogP contribution >= 0.6 is 11.3 Å². The summed E-state index contributed by atoms with van der Waals surface area (Å²) in [6.45, 7) is 6.20. The Labute approximate surface area is 139 Å².